The number of fused-ring (bicyclic) bond motifs is 9. The van der Waals surface area contributed by atoms with Gasteiger partial charge in [0, 0.05) is 43.7 Å². The third-order valence-corrected chi connectivity index (χ3v) is 14.1. The molecule has 3 heteroatoms. The Hall–Kier alpha value is -9.18. The predicted octanol–water partition coefficient (Wildman–Crippen LogP) is 18.1. The van der Waals surface area contributed by atoms with E-state index in [0.29, 0.717) is 0 Å². The standard InChI is InChI=1S/C66H42N2O/c1-2-14-43(15-3-1)44-16-10-17-45(36-44)46-18-11-19-47(37-46)48-20-12-21-49(38-48)50-22-13-23-51(39-50)52-30-33-63-58(40-52)55-24-4-7-27-61(55)67(63)53-31-34-64-59(41-53)56-25-5-8-28-62(56)68(64)54-32-35-66-60(42-54)57-26-6-9-29-65(57)69-66/h1-42H. The number of rotatable bonds is 7. The van der Waals surface area contributed by atoms with Gasteiger partial charge < -0.3 is 13.6 Å². The number of benzene rings is 11. The Morgan fingerprint density at radius 3 is 1.12 bits per heavy atom. The van der Waals surface area contributed by atoms with Crippen molar-refractivity contribution in [2.45, 2.75) is 0 Å². The lowest BCUT2D eigenvalue weighted by atomic mass is 9.94. The second kappa shape index (κ2) is 15.7. The molecule has 0 saturated heterocycles. The molecule has 0 aliphatic heterocycles. The van der Waals surface area contributed by atoms with Crippen LogP contribution in [0.4, 0.5) is 0 Å². The molecule has 0 aliphatic carbocycles. The highest BCUT2D eigenvalue weighted by molar-refractivity contribution is 6.13. The average molecular weight is 879 g/mol. The van der Waals surface area contributed by atoms with Crippen LogP contribution in [0.25, 0.3) is 133 Å². The van der Waals surface area contributed by atoms with Gasteiger partial charge in [0.2, 0.25) is 0 Å². The molecule has 3 nitrogen and oxygen atoms in total. The van der Waals surface area contributed by atoms with Gasteiger partial charge in [-0.05, 0) is 147 Å². The van der Waals surface area contributed by atoms with Gasteiger partial charge in [-0.25, -0.2) is 0 Å². The summed E-state index contributed by atoms with van der Waals surface area (Å²) < 4.78 is 11.0. The van der Waals surface area contributed by atoms with Crippen LogP contribution in [0.3, 0.4) is 0 Å². The van der Waals surface area contributed by atoms with Crippen LogP contribution in [-0.4, -0.2) is 9.13 Å². The highest BCUT2D eigenvalue weighted by Crippen LogP contribution is 2.40. The summed E-state index contributed by atoms with van der Waals surface area (Å²) in [5.74, 6) is 0. The van der Waals surface area contributed by atoms with Crippen LogP contribution in [0.15, 0.2) is 259 Å². The van der Waals surface area contributed by atoms with Crippen LogP contribution < -0.4 is 0 Å². The maximum Gasteiger partial charge on any atom is 0.135 e. The van der Waals surface area contributed by atoms with Crippen molar-refractivity contribution in [1.82, 2.24) is 9.13 Å². The maximum absolute atomic E-state index is 6.21. The lowest BCUT2D eigenvalue weighted by Gasteiger charge is -2.11. The van der Waals surface area contributed by atoms with Crippen LogP contribution in [0.1, 0.15) is 0 Å². The molecule has 0 saturated carbocycles. The van der Waals surface area contributed by atoms with E-state index in [9.17, 15) is 0 Å². The smallest absolute Gasteiger partial charge is 0.135 e. The number of aromatic nitrogens is 2. The van der Waals surface area contributed by atoms with E-state index >= 15 is 0 Å². The molecule has 0 atom stereocenters. The molecule has 0 bridgehead atoms. The van der Waals surface area contributed by atoms with Crippen molar-refractivity contribution < 1.29 is 4.42 Å². The molecule has 3 aromatic heterocycles. The number of para-hydroxylation sites is 3. The lowest BCUT2D eigenvalue weighted by Crippen LogP contribution is -1.95. The third-order valence-electron chi connectivity index (χ3n) is 14.1. The normalized spacial score (nSPS) is 11.8. The van der Waals surface area contributed by atoms with Crippen LogP contribution in [0.5, 0.6) is 0 Å². The van der Waals surface area contributed by atoms with Crippen molar-refractivity contribution in [3.8, 4) is 67.0 Å². The van der Waals surface area contributed by atoms with E-state index in [1.807, 2.05) is 12.1 Å². The van der Waals surface area contributed by atoms with Gasteiger partial charge >= 0.3 is 0 Å². The number of nitrogens with zero attached hydrogens (tertiary/aromatic N) is 2. The predicted molar refractivity (Wildman–Crippen MR) is 290 cm³/mol. The van der Waals surface area contributed by atoms with Crippen molar-refractivity contribution in [3.05, 3.63) is 255 Å². The van der Waals surface area contributed by atoms with E-state index in [2.05, 4.69) is 252 Å². The van der Waals surface area contributed by atoms with E-state index in [1.54, 1.807) is 0 Å². The van der Waals surface area contributed by atoms with Gasteiger partial charge in [-0.2, -0.15) is 0 Å². The minimum Gasteiger partial charge on any atom is -0.456 e. The van der Waals surface area contributed by atoms with Gasteiger partial charge in [0.25, 0.3) is 0 Å². The van der Waals surface area contributed by atoms with Gasteiger partial charge in [-0.3, -0.25) is 0 Å². The molecule has 0 aliphatic rings. The van der Waals surface area contributed by atoms with E-state index in [0.717, 1.165) is 33.3 Å². The van der Waals surface area contributed by atoms with E-state index in [4.69, 9.17) is 4.42 Å². The molecule has 0 fully saturated rings. The van der Waals surface area contributed by atoms with E-state index in [-0.39, 0.29) is 0 Å². The number of hydrogen-bond acceptors (Lipinski definition) is 1. The second-order valence-electron chi connectivity index (χ2n) is 18.1. The molecule has 0 N–H and O–H groups in total. The van der Waals surface area contributed by atoms with Crippen molar-refractivity contribution in [1.29, 1.82) is 0 Å². The minimum absolute atomic E-state index is 0.898. The average Bonchev–Trinajstić information content (AvgIpc) is 4.08. The first kappa shape index (κ1) is 39.0. The van der Waals surface area contributed by atoms with Crippen LogP contribution in [-0.2, 0) is 0 Å². The molecule has 11 aromatic carbocycles. The van der Waals surface area contributed by atoms with Gasteiger partial charge in [0.15, 0.2) is 0 Å². The Morgan fingerprint density at radius 1 is 0.203 bits per heavy atom. The molecule has 0 amide bonds. The van der Waals surface area contributed by atoms with E-state index < -0.39 is 0 Å². The summed E-state index contributed by atoms with van der Waals surface area (Å²) >= 11 is 0. The Kier molecular flexibility index (Phi) is 8.90. The summed E-state index contributed by atoms with van der Waals surface area (Å²) in [6.45, 7) is 0. The highest BCUT2D eigenvalue weighted by atomic mass is 16.3. The molecule has 69 heavy (non-hydrogen) atoms. The summed E-state index contributed by atoms with van der Waals surface area (Å²) in [7, 11) is 0. The highest BCUT2D eigenvalue weighted by Gasteiger charge is 2.18. The van der Waals surface area contributed by atoms with Crippen LogP contribution in [0.2, 0.25) is 0 Å². The van der Waals surface area contributed by atoms with Gasteiger partial charge in [-0.15, -0.1) is 0 Å². The summed E-state index contributed by atoms with van der Waals surface area (Å²) in [5, 5.41) is 7.14. The molecular formula is C66H42N2O. The Bertz CT molecular complexity index is 4320. The molecule has 0 radical (unpaired) electrons. The fraction of sp³-hybridized carbons (Fsp3) is 0. The first-order chi connectivity index (χ1) is 34.2. The monoisotopic (exact) mass is 878 g/mol. The first-order valence-corrected chi connectivity index (χ1v) is 23.6. The van der Waals surface area contributed by atoms with Crippen LogP contribution in [0, 0.1) is 0 Å². The van der Waals surface area contributed by atoms with Crippen LogP contribution >= 0.6 is 0 Å². The molecule has 14 aromatic rings. The van der Waals surface area contributed by atoms with Crippen molar-refractivity contribution in [2.75, 3.05) is 0 Å². The Balaban J connectivity index is 0.821. The zero-order valence-corrected chi connectivity index (χ0v) is 37.6. The summed E-state index contributed by atoms with van der Waals surface area (Å²) in [6.07, 6.45) is 0. The summed E-state index contributed by atoms with van der Waals surface area (Å²) in [6, 6.07) is 92.6. The number of hydrogen-bond donors (Lipinski definition) is 0. The quantitative estimate of drug-likeness (QED) is 0.156. The minimum atomic E-state index is 0.898. The van der Waals surface area contributed by atoms with Crippen molar-refractivity contribution >= 4 is 65.6 Å². The van der Waals surface area contributed by atoms with Crippen molar-refractivity contribution in [2.24, 2.45) is 0 Å². The molecule has 322 valence electrons. The molecule has 0 spiro atoms. The zero-order valence-electron chi connectivity index (χ0n) is 37.6. The Labute approximate surface area is 399 Å². The largest absolute Gasteiger partial charge is 0.456 e. The van der Waals surface area contributed by atoms with Gasteiger partial charge in [0.05, 0.1) is 22.1 Å². The topological polar surface area (TPSA) is 23.0 Å². The fourth-order valence-electron chi connectivity index (χ4n) is 10.8. The molecule has 0 unspecified atom stereocenters. The zero-order chi connectivity index (χ0) is 45.4. The molecule has 14 rings (SSSR count). The molecule has 3 heterocycles. The SMILES string of the molecule is c1ccc(-c2cccc(-c3cccc(-c4cccc(-c5cccc(-c6ccc7c(c6)c6ccccc6n7-c6ccc7c(c6)c6ccccc6n7-c6ccc7oc8ccccc8c7c6)c5)c4)c3)c2)cc1. The second-order valence-corrected chi connectivity index (χ2v) is 18.1. The Morgan fingerprint density at radius 2 is 0.565 bits per heavy atom. The summed E-state index contributed by atoms with van der Waals surface area (Å²) in [5.41, 5.74) is 20.8. The van der Waals surface area contributed by atoms with Gasteiger partial charge in [-0.1, -0.05) is 164 Å². The lowest BCUT2D eigenvalue weighted by molar-refractivity contribution is 0.669. The maximum atomic E-state index is 6.21. The van der Waals surface area contributed by atoms with E-state index in [1.165, 1.54) is 99.2 Å². The van der Waals surface area contributed by atoms with Gasteiger partial charge in [0.1, 0.15) is 11.2 Å². The number of furan rings is 1. The summed E-state index contributed by atoms with van der Waals surface area (Å²) in [4.78, 5) is 0. The fourth-order valence-corrected chi connectivity index (χ4v) is 10.8. The third kappa shape index (κ3) is 6.51. The first-order valence-electron chi connectivity index (χ1n) is 23.6. The molecular weight excluding hydrogens is 837 g/mol. The van der Waals surface area contributed by atoms with Crippen molar-refractivity contribution in [3.63, 3.8) is 0 Å².